The number of hydrogen-bond donors (Lipinski definition) is 1. The summed E-state index contributed by atoms with van der Waals surface area (Å²) < 4.78 is 0. The zero-order chi connectivity index (χ0) is 15.5. The van der Waals surface area contributed by atoms with Crippen molar-refractivity contribution < 1.29 is 0 Å². The summed E-state index contributed by atoms with van der Waals surface area (Å²) in [6.07, 6.45) is 0. The maximum atomic E-state index is 4.80. The van der Waals surface area contributed by atoms with Gasteiger partial charge in [0.1, 0.15) is 17.5 Å². The first-order chi connectivity index (χ1) is 9.15. The third kappa shape index (κ3) is 4.36. The fourth-order valence-electron chi connectivity index (χ4n) is 2.01. The molecule has 4 heteroatoms. The summed E-state index contributed by atoms with van der Waals surface area (Å²) in [7, 11) is 1.90. The van der Waals surface area contributed by atoms with E-state index in [9.17, 15) is 0 Å². The molecule has 20 heavy (non-hydrogen) atoms. The summed E-state index contributed by atoms with van der Waals surface area (Å²) in [5.74, 6) is 3.38. The second-order valence-corrected chi connectivity index (χ2v) is 7.07. The van der Waals surface area contributed by atoms with Gasteiger partial charge in [0.2, 0.25) is 0 Å². The maximum Gasteiger partial charge on any atom is 0.138 e. The lowest BCUT2D eigenvalue weighted by atomic mass is 9.95. The third-order valence-corrected chi connectivity index (χ3v) is 3.12. The molecule has 0 fully saturated rings. The SMILES string of the molecule is CNc1cc(N(CC(C)C)C(C)C)nc(C(C)(C)C)n1. The third-order valence-electron chi connectivity index (χ3n) is 3.12. The highest BCUT2D eigenvalue weighted by Gasteiger charge is 2.22. The van der Waals surface area contributed by atoms with Crippen LogP contribution in [0.4, 0.5) is 11.6 Å². The molecule has 1 heterocycles. The second kappa shape index (κ2) is 6.42. The molecule has 0 radical (unpaired) electrons. The molecular formula is C16H30N4. The smallest absolute Gasteiger partial charge is 0.138 e. The van der Waals surface area contributed by atoms with Gasteiger partial charge in [0.15, 0.2) is 0 Å². The van der Waals surface area contributed by atoms with Crippen LogP contribution in [0.1, 0.15) is 54.3 Å². The van der Waals surface area contributed by atoms with Crippen molar-refractivity contribution >= 4 is 11.6 Å². The Morgan fingerprint density at radius 1 is 1.15 bits per heavy atom. The molecule has 0 spiro atoms. The number of nitrogens with zero attached hydrogens (tertiary/aromatic N) is 3. The second-order valence-electron chi connectivity index (χ2n) is 7.07. The van der Waals surface area contributed by atoms with E-state index in [1.807, 2.05) is 13.1 Å². The number of nitrogens with one attached hydrogen (secondary N) is 1. The largest absolute Gasteiger partial charge is 0.373 e. The van der Waals surface area contributed by atoms with Crippen LogP contribution in [0.2, 0.25) is 0 Å². The molecule has 0 aliphatic carbocycles. The summed E-state index contributed by atoms with van der Waals surface area (Å²) in [4.78, 5) is 11.7. The average molecular weight is 278 g/mol. The number of rotatable bonds is 5. The molecule has 0 aliphatic rings. The summed E-state index contributed by atoms with van der Waals surface area (Å²) in [5, 5.41) is 3.15. The van der Waals surface area contributed by atoms with Gasteiger partial charge in [0.25, 0.3) is 0 Å². The Balaban J connectivity index is 3.27. The van der Waals surface area contributed by atoms with E-state index in [0.29, 0.717) is 12.0 Å². The maximum absolute atomic E-state index is 4.80. The van der Waals surface area contributed by atoms with Crippen molar-refractivity contribution in [2.45, 2.75) is 59.9 Å². The molecule has 0 saturated carbocycles. The fraction of sp³-hybridized carbons (Fsp3) is 0.750. The van der Waals surface area contributed by atoms with E-state index in [0.717, 1.165) is 24.0 Å². The minimum atomic E-state index is -0.0535. The quantitative estimate of drug-likeness (QED) is 0.892. The van der Waals surface area contributed by atoms with Crippen LogP contribution >= 0.6 is 0 Å². The predicted molar refractivity (Wildman–Crippen MR) is 87.6 cm³/mol. The van der Waals surface area contributed by atoms with Crippen LogP contribution in [0.5, 0.6) is 0 Å². The Labute approximate surface area is 124 Å². The molecule has 0 unspecified atom stereocenters. The summed E-state index contributed by atoms with van der Waals surface area (Å²) in [6.45, 7) is 16.3. The standard InChI is InChI=1S/C16H30N4/c1-11(2)10-20(12(3)4)14-9-13(17-8)18-15(19-14)16(5,6)7/h9,11-12H,10H2,1-8H3,(H,17,18,19). The van der Waals surface area contributed by atoms with Crippen LogP contribution in [0, 0.1) is 5.92 Å². The van der Waals surface area contributed by atoms with Crippen LogP contribution in [-0.4, -0.2) is 29.6 Å². The summed E-state index contributed by atoms with van der Waals surface area (Å²) in [5.41, 5.74) is -0.0535. The zero-order valence-electron chi connectivity index (χ0n) is 14.3. The van der Waals surface area contributed by atoms with E-state index in [-0.39, 0.29) is 5.41 Å². The average Bonchev–Trinajstić information content (AvgIpc) is 2.33. The first kappa shape index (κ1) is 16.7. The summed E-state index contributed by atoms with van der Waals surface area (Å²) in [6, 6.07) is 2.46. The van der Waals surface area contributed by atoms with E-state index in [1.165, 1.54) is 0 Å². The minimum Gasteiger partial charge on any atom is -0.373 e. The fourth-order valence-corrected chi connectivity index (χ4v) is 2.01. The molecule has 1 N–H and O–H groups in total. The van der Waals surface area contributed by atoms with Gasteiger partial charge in [-0.05, 0) is 19.8 Å². The molecule has 0 atom stereocenters. The molecule has 1 aromatic heterocycles. The van der Waals surface area contributed by atoms with Crippen molar-refractivity contribution in [2.24, 2.45) is 5.92 Å². The molecule has 1 rings (SSSR count). The van der Waals surface area contributed by atoms with E-state index < -0.39 is 0 Å². The highest BCUT2D eigenvalue weighted by Crippen LogP contribution is 2.25. The number of aromatic nitrogens is 2. The first-order valence-electron chi connectivity index (χ1n) is 7.49. The first-order valence-corrected chi connectivity index (χ1v) is 7.49. The van der Waals surface area contributed by atoms with Crippen molar-refractivity contribution in [3.8, 4) is 0 Å². The van der Waals surface area contributed by atoms with Crippen molar-refractivity contribution in [1.29, 1.82) is 0 Å². The van der Waals surface area contributed by atoms with Crippen LogP contribution < -0.4 is 10.2 Å². The predicted octanol–water partition coefficient (Wildman–Crippen LogP) is 3.69. The Bertz CT molecular complexity index is 433. The Morgan fingerprint density at radius 3 is 2.15 bits per heavy atom. The van der Waals surface area contributed by atoms with Crippen LogP contribution in [0.3, 0.4) is 0 Å². The van der Waals surface area contributed by atoms with Crippen molar-refractivity contribution in [1.82, 2.24) is 9.97 Å². The van der Waals surface area contributed by atoms with Gasteiger partial charge < -0.3 is 10.2 Å². The Morgan fingerprint density at radius 2 is 1.75 bits per heavy atom. The molecule has 0 bridgehead atoms. The van der Waals surface area contributed by atoms with Gasteiger partial charge in [-0.15, -0.1) is 0 Å². The lowest BCUT2D eigenvalue weighted by Gasteiger charge is -2.31. The van der Waals surface area contributed by atoms with E-state index >= 15 is 0 Å². The van der Waals surface area contributed by atoms with Gasteiger partial charge in [-0.2, -0.15) is 0 Å². The van der Waals surface area contributed by atoms with Gasteiger partial charge in [0, 0.05) is 31.1 Å². The molecule has 4 nitrogen and oxygen atoms in total. The zero-order valence-corrected chi connectivity index (χ0v) is 14.3. The Kier molecular flexibility index (Phi) is 5.37. The molecule has 0 saturated heterocycles. The van der Waals surface area contributed by atoms with Gasteiger partial charge >= 0.3 is 0 Å². The summed E-state index contributed by atoms with van der Waals surface area (Å²) >= 11 is 0. The van der Waals surface area contributed by atoms with Crippen molar-refractivity contribution in [3.05, 3.63) is 11.9 Å². The van der Waals surface area contributed by atoms with Gasteiger partial charge in [-0.3, -0.25) is 0 Å². The van der Waals surface area contributed by atoms with Crippen LogP contribution in [0.25, 0.3) is 0 Å². The van der Waals surface area contributed by atoms with Gasteiger partial charge in [-0.25, -0.2) is 9.97 Å². The molecule has 0 aromatic carbocycles. The van der Waals surface area contributed by atoms with Gasteiger partial charge in [0.05, 0.1) is 0 Å². The van der Waals surface area contributed by atoms with Crippen molar-refractivity contribution in [2.75, 3.05) is 23.8 Å². The topological polar surface area (TPSA) is 41.0 Å². The molecule has 0 amide bonds. The highest BCUT2D eigenvalue weighted by molar-refractivity contribution is 5.50. The number of hydrogen-bond acceptors (Lipinski definition) is 4. The van der Waals surface area contributed by atoms with E-state index in [2.05, 4.69) is 63.7 Å². The lowest BCUT2D eigenvalue weighted by molar-refractivity contribution is 0.533. The minimum absolute atomic E-state index is 0.0535. The highest BCUT2D eigenvalue weighted by atomic mass is 15.2. The molecule has 114 valence electrons. The van der Waals surface area contributed by atoms with E-state index in [1.54, 1.807) is 0 Å². The molecular weight excluding hydrogens is 248 g/mol. The molecule has 0 aliphatic heterocycles. The van der Waals surface area contributed by atoms with Gasteiger partial charge in [-0.1, -0.05) is 34.6 Å². The van der Waals surface area contributed by atoms with E-state index in [4.69, 9.17) is 4.98 Å². The lowest BCUT2D eigenvalue weighted by Crippen LogP contribution is -2.35. The normalized spacial score (nSPS) is 12.1. The Hall–Kier alpha value is -1.32. The molecule has 1 aromatic rings. The van der Waals surface area contributed by atoms with Crippen LogP contribution in [-0.2, 0) is 5.41 Å². The monoisotopic (exact) mass is 278 g/mol. The van der Waals surface area contributed by atoms with Crippen LogP contribution in [0.15, 0.2) is 6.07 Å². The number of anilines is 2. The van der Waals surface area contributed by atoms with Crippen molar-refractivity contribution in [3.63, 3.8) is 0 Å².